The number of fused-ring (bicyclic) bond motifs is 1. The zero-order valence-corrected chi connectivity index (χ0v) is 13.3. The Bertz CT molecular complexity index is 574. The maximum absolute atomic E-state index is 5.73. The van der Waals surface area contributed by atoms with E-state index in [0.29, 0.717) is 12.1 Å². The Morgan fingerprint density at radius 2 is 2.29 bits per heavy atom. The van der Waals surface area contributed by atoms with E-state index in [4.69, 9.17) is 9.73 Å². The lowest BCUT2D eigenvalue weighted by Crippen LogP contribution is -2.47. The van der Waals surface area contributed by atoms with Gasteiger partial charge in [0.2, 0.25) is 0 Å². The number of nitrogens with zero attached hydrogens (tertiary/aromatic N) is 1. The highest BCUT2D eigenvalue weighted by molar-refractivity contribution is 8.14. The molecule has 2 fully saturated rings. The normalized spacial score (nSPS) is 36.5. The number of nitrogens with one attached hydrogen (secondary N) is 1. The molecule has 3 aliphatic rings. The van der Waals surface area contributed by atoms with E-state index in [1.807, 2.05) is 23.9 Å². The molecule has 2 aliphatic heterocycles. The molecule has 112 valence electrons. The van der Waals surface area contributed by atoms with E-state index in [9.17, 15) is 0 Å². The van der Waals surface area contributed by atoms with Crippen molar-refractivity contribution < 1.29 is 4.74 Å². The largest absolute Gasteiger partial charge is 0.491 e. The highest BCUT2D eigenvalue weighted by Crippen LogP contribution is 2.40. The van der Waals surface area contributed by atoms with Gasteiger partial charge in [0.15, 0.2) is 5.17 Å². The molecule has 1 saturated carbocycles. The van der Waals surface area contributed by atoms with E-state index in [1.165, 1.54) is 37.0 Å². The second-order valence-electron chi connectivity index (χ2n) is 6.69. The van der Waals surface area contributed by atoms with Crippen molar-refractivity contribution in [1.82, 2.24) is 5.32 Å². The van der Waals surface area contributed by atoms with Gasteiger partial charge in [-0.3, -0.25) is 4.99 Å². The third kappa shape index (κ3) is 2.54. The molecule has 1 saturated heterocycles. The van der Waals surface area contributed by atoms with Crippen molar-refractivity contribution in [3.63, 3.8) is 0 Å². The van der Waals surface area contributed by atoms with Crippen LogP contribution < -0.4 is 10.1 Å². The number of aliphatic imine (C=N–C) groups is 1. The lowest BCUT2D eigenvalue weighted by Gasteiger charge is -2.36. The first-order chi connectivity index (χ1) is 10.2. The molecular weight excluding hydrogens is 280 g/mol. The lowest BCUT2D eigenvalue weighted by atomic mass is 9.78. The second kappa shape index (κ2) is 5.24. The first-order valence-electron chi connectivity index (χ1n) is 7.95. The Balaban J connectivity index is 1.51. The lowest BCUT2D eigenvalue weighted by molar-refractivity contribution is 0.242. The van der Waals surface area contributed by atoms with Crippen LogP contribution in [0.25, 0.3) is 0 Å². The van der Waals surface area contributed by atoms with Crippen molar-refractivity contribution in [3.8, 4) is 5.75 Å². The van der Waals surface area contributed by atoms with E-state index < -0.39 is 0 Å². The number of para-hydroxylation sites is 1. The summed E-state index contributed by atoms with van der Waals surface area (Å²) in [5.41, 5.74) is 1.53. The SMILES string of the molecule is CC1CCCC2(CSC(=NC3COc4ccccc43)N2)C1. The summed E-state index contributed by atoms with van der Waals surface area (Å²) in [6, 6.07) is 8.42. The summed E-state index contributed by atoms with van der Waals surface area (Å²) in [5.74, 6) is 3.00. The van der Waals surface area contributed by atoms with Crippen LogP contribution in [0.4, 0.5) is 0 Å². The average molecular weight is 302 g/mol. The minimum Gasteiger partial charge on any atom is -0.491 e. The van der Waals surface area contributed by atoms with Crippen molar-refractivity contribution in [3.05, 3.63) is 29.8 Å². The number of hydrogen-bond donors (Lipinski definition) is 1. The van der Waals surface area contributed by atoms with E-state index in [-0.39, 0.29) is 6.04 Å². The van der Waals surface area contributed by atoms with Gasteiger partial charge in [0, 0.05) is 16.9 Å². The fraction of sp³-hybridized carbons (Fsp3) is 0.588. The van der Waals surface area contributed by atoms with Gasteiger partial charge < -0.3 is 10.1 Å². The maximum Gasteiger partial charge on any atom is 0.157 e. The summed E-state index contributed by atoms with van der Waals surface area (Å²) in [6.45, 7) is 3.05. The van der Waals surface area contributed by atoms with Gasteiger partial charge >= 0.3 is 0 Å². The van der Waals surface area contributed by atoms with Crippen LogP contribution in [0.15, 0.2) is 29.3 Å². The third-order valence-electron chi connectivity index (χ3n) is 4.90. The number of thioether (sulfide) groups is 1. The quantitative estimate of drug-likeness (QED) is 0.857. The Kier molecular flexibility index (Phi) is 3.37. The number of ether oxygens (including phenoxy) is 1. The van der Waals surface area contributed by atoms with Crippen LogP contribution >= 0.6 is 11.8 Å². The van der Waals surface area contributed by atoms with Crippen LogP contribution in [0, 0.1) is 5.92 Å². The third-order valence-corrected chi connectivity index (χ3v) is 6.07. The molecule has 1 aromatic carbocycles. The molecule has 0 bridgehead atoms. The van der Waals surface area contributed by atoms with Crippen LogP contribution in [0.5, 0.6) is 5.75 Å². The number of rotatable bonds is 1. The van der Waals surface area contributed by atoms with Gasteiger partial charge in [-0.25, -0.2) is 0 Å². The van der Waals surface area contributed by atoms with Gasteiger partial charge in [0.1, 0.15) is 18.4 Å². The van der Waals surface area contributed by atoms with Crippen molar-refractivity contribution >= 4 is 16.9 Å². The van der Waals surface area contributed by atoms with Crippen molar-refractivity contribution in [2.75, 3.05) is 12.4 Å². The zero-order chi connectivity index (χ0) is 14.3. The summed E-state index contributed by atoms with van der Waals surface area (Å²) >= 11 is 1.89. The molecule has 0 amide bonds. The zero-order valence-electron chi connectivity index (χ0n) is 12.5. The van der Waals surface area contributed by atoms with Crippen molar-refractivity contribution in [1.29, 1.82) is 0 Å². The molecule has 3 nitrogen and oxygen atoms in total. The molecule has 0 radical (unpaired) electrons. The molecule has 1 spiro atoms. The Labute approximate surface area is 130 Å². The standard InChI is InChI=1S/C17H22N2OS/c1-12-5-4-8-17(9-12)11-21-16(19-17)18-14-10-20-15-7-3-2-6-13(14)15/h2-3,6-7,12,14H,4-5,8-11H2,1H3,(H,18,19). The van der Waals surface area contributed by atoms with E-state index >= 15 is 0 Å². The van der Waals surface area contributed by atoms with Crippen molar-refractivity contribution in [2.45, 2.75) is 44.2 Å². The van der Waals surface area contributed by atoms with Crippen LogP contribution in [0.2, 0.25) is 0 Å². The predicted molar refractivity (Wildman–Crippen MR) is 88.1 cm³/mol. The Hall–Kier alpha value is -1.16. The predicted octanol–water partition coefficient (Wildman–Crippen LogP) is 3.76. The minimum absolute atomic E-state index is 0.160. The Morgan fingerprint density at radius 1 is 1.38 bits per heavy atom. The highest BCUT2D eigenvalue weighted by Gasteiger charge is 2.40. The summed E-state index contributed by atoms with van der Waals surface area (Å²) < 4.78 is 5.73. The molecule has 2 heterocycles. The summed E-state index contributed by atoms with van der Waals surface area (Å²) in [6.07, 6.45) is 5.31. The van der Waals surface area contributed by atoms with E-state index in [1.54, 1.807) is 0 Å². The average Bonchev–Trinajstić information content (AvgIpc) is 3.05. The van der Waals surface area contributed by atoms with Crippen LogP contribution in [-0.4, -0.2) is 23.1 Å². The molecule has 1 N–H and O–H groups in total. The van der Waals surface area contributed by atoms with Crippen LogP contribution in [0.1, 0.15) is 44.2 Å². The maximum atomic E-state index is 5.73. The van der Waals surface area contributed by atoms with Crippen molar-refractivity contribution in [2.24, 2.45) is 10.9 Å². The van der Waals surface area contributed by atoms with Gasteiger partial charge in [-0.2, -0.15) is 0 Å². The number of hydrogen-bond acceptors (Lipinski definition) is 3. The summed E-state index contributed by atoms with van der Waals surface area (Å²) in [5, 5.41) is 4.87. The number of amidine groups is 1. The Morgan fingerprint density at radius 3 is 3.19 bits per heavy atom. The second-order valence-corrected chi connectivity index (χ2v) is 7.66. The van der Waals surface area contributed by atoms with Crippen LogP contribution in [-0.2, 0) is 0 Å². The monoisotopic (exact) mass is 302 g/mol. The molecule has 3 unspecified atom stereocenters. The fourth-order valence-electron chi connectivity index (χ4n) is 3.87. The molecule has 21 heavy (non-hydrogen) atoms. The number of benzene rings is 1. The summed E-state index contributed by atoms with van der Waals surface area (Å²) in [7, 11) is 0. The van der Waals surface area contributed by atoms with Crippen LogP contribution in [0.3, 0.4) is 0 Å². The van der Waals surface area contributed by atoms with Gasteiger partial charge in [0.25, 0.3) is 0 Å². The highest BCUT2D eigenvalue weighted by atomic mass is 32.2. The van der Waals surface area contributed by atoms with Gasteiger partial charge in [-0.1, -0.05) is 49.7 Å². The first-order valence-corrected chi connectivity index (χ1v) is 8.93. The smallest absolute Gasteiger partial charge is 0.157 e. The molecule has 0 aromatic heterocycles. The van der Waals surface area contributed by atoms with Gasteiger partial charge in [-0.15, -0.1) is 0 Å². The molecule has 3 atom stereocenters. The molecule has 1 aromatic rings. The topological polar surface area (TPSA) is 33.6 Å². The fourth-order valence-corrected chi connectivity index (χ4v) is 5.11. The molecule has 1 aliphatic carbocycles. The first kappa shape index (κ1) is 13.5. The minimum atomic E-state index is 0.160. The van der Waals surface area contributed by atoms with E-state index in [0.717, 1.165) is 16.8 Å². The van der Waals surface area contributed by atoms with E-state index in [2.05, 4.69) is 24.4 Å². The molecule has 4 heteroatoms. The van der Waals surface area contributed by atoms with Gasteiger partial charge in [-0.05, 0) is 24.8 Å². The summed E-state index contributed by atoms with van der Waals surface area (Å²) in [4.78, 5) is 4.93. The molecule has 4 rings (SSSR count). The van der Waals surface area contributed by atoms with Gasteiger partial charge in [0.05, 0.1) is 0 Å². The molecular formula is C17H22N2OS.